The van der Waals surface area contributed by atoms with Crippen molar-refractivity contribution in [1.29, 1.82) is 0 Å². The van der Waals surface area contributed by atoms with E-state index in [4.69, 9.17) is 5.73 Å². The topological polar surface area (TPSA) is 72.9 Å². The average Bonchev–Trinajstić information content (AvgIpc) is 2.83. The molecule has 0 bridgehead atoms. The van der Waals surface area contributed by atoms with Gasteiger partial charge >= 0.3 is 0 Å². The van der Waals surface area contributed by atoms with Gasteiger partial charge in [0.05, 0.1) is 18.7 Å². The molecule has 5 heteroatoms. The lowest BCUT2D eigenvalue weighted by molar-refractivity contribution is -0.122. The van der Waals surface area contributed by atoms with Gasteiger partial charge in [0, 0.05) is 18.4 Å². The minimum Gasteiger partial charge on any atom is -0.399 e. The Labute approximate surface area is 118 Å². The molecular formula is C15H20N4O. The summed E-state index contributed by atoms with van der Waals surface area (Å²) in [5.74, 6) is -0.211. The first-order valence-electron chi connectivity index (χ1n) is 6.68. The van der Waals surface area contributed by atoms with Crippen LogP contribution in [0, 0.1) is 6.92 Å². The lowest BCUT2D eigenvalue weighted by atomic mass is 10.00. The molecule has 0 saturated heterocycles. The van der Waals surface area contributed by atoms with E-state index >= 15 is 0 Å². The van der Waals surface area contributed by atoms with Crippen molar-refractivity contribution in [2.24, 2.45) is 0 Å². The molecule has 2 rings (SSSR count). The Morgan fingerprint density at radius 2 is 2.30 bits per heavy atom. The number of nitrogens with one attached hydrogen (secondary N) is 1. The fourth-order valence-electron chi connectivity index (χ4n) is 2.02. The number of hydrogen-bond donors (Lipinski definition) is 2. The fourth-order valence-corrected chi connectivity index (χ4v) is 2.02. The Kier molecular flexibility index (Phi) is 4.40. The van der Waals surface area contributed by atoms with E-state index in [-0.39, 0.29) is 11.8 Å². The molecule has 0 spiro atoms. The zero-order valence-electron chi connectivity index (χ0n) is 11.8. The molecule has 5 nitrogen and oxygen atoms in total. The zero-order valence-corrected chi connectivity index (χ0v) is 11.8. The molecule has 0 fully saturated rings. The first-order valence-corrected chi connectivity index (χ1v) is 6.68. The molecule has 1 heterocycles. The number of hydrogen-bond acceptors (Lipinski definition) is 3. The number of nitrogens with two attached hydrogens (primary N) is 1. The Hall–Kier alpha value is -2.30. The zero-order chi connectivity index (χ0) is 14.5. The van der Waals surface area contributed by atoms with E-state index in [0.29, 0.717) is 18.8 Å². The molecule has 0 radical (unpaired) electrons. The van der Waals surface area contributed by atoms with Gasteiger partial charge in [-0.05, 0) is 37.1 Å². The number of nitrogen functional groups attached to an aromatic ring is 1. The number of amides is 1. The van der Waals surface area contributed by atoms with Gasteiger partial charge in [-0.15, -0.1) is 0 Å². The number of nitrogens with zero attached hydrogens (tertiary/aromatic N) is 2. The van der Waals surface area contributed by atoms with Crippen molar-refractivity contribution in [2.75, 3.05) is 12.3 Å². The van der Waals surface area contributed by atoms with Crippen LogP contribution < -0.4 is 11.1 Å². The number of aromatic nitrogens is 2. The summed E-state index contributed by atoms with van der Waals surface area (Å²) in [5.41, 5.74) is 8.45. The minimum atomic E-state index is -0.210. The average molecular weight is 272 g/mol. The Bertz CT molecular complexity index is 591. The van der Waals surface area contributed by atoms with E-state index in [1.54, 1.807) is 6.20 Å². The monoisotopic (exact) mass is 272 g/mol. The highest BCUT2D eigenvalue weighted by Gasteiger charge is 2.14. The second-order valence-electron chi connectivity index (χ2n) is 4.96. The van der Waals surface area contributed by atoms with Gasteiger partial charge < -0.3 is 11.1 Å². The summed E-state index contributed by atoms with van der Waals surface area (Å²) in [5, 5.41) is 7.09. The van der Waals surface area contributed by atoms with Crippen LogP contribution in [0.1, 0.15) is 24.0 Å². The van der Waals surface area contributed by atoms with Gasteiger partial charge in [0.15, 0.2) is 0 Å². The molecule has 1 amide bonds. The predicted molar refractivity (Wildman–Crippen MR) is 79.2 cm³/mol. The quantitative estimate of drug-likeness (QED) is 0.814. The summed E-state index contributed by atoms with van der Waals surface area (Å²) in [6.45, 7) is 5.10. The van der Waals surface area contributed by atoms with Crippen LogP contribution in [0.25, 0.3) is 0 Å². The molecule has 1 aromatic heterocycles. The maximum atomic E-state index is 12.1. The Morgan fingerprint density at radius 1 is 1.50 bits per heavy atom. The third-order valence-electron chi connectivity index (χ3n) is 3.21. The maximum Gasteiger partial charge on any atom is 0.227 e. The van der Waals surface area contributed by atoms with Crippen molar-refractivity contribution >= 4 is 11.6 Å². The second kappa shape index (κ2) is 6.23. The van der Waals surface area contributed by atoms with Crippen molar-refractivity contribution in [3.63, 3.8) is 0 Å². The van der Waals surface area contributed by atoms with Crippen molar-refractivity contribution in [1.82, 2.24) is 15.1 Å². The number of aryl methyl sites for hydroxylation is 1. The highest BCUT2D eigenvalue weighted by Crippen LogP contribution is 2.17. The third-order valence-corrected chi connectivity index (χ3v) is 3.21. The standard InChI is InChI=1S/C15H20N4O/c1-11-9-18-19(10-11)7-6-17-15(20)12(2)13-4-3-5-14(16)8-13/h3-5,8-10,12H,6-7,16H2,1-2H3,(H,17,20). The summed E-state index contributed by atoms with van der Waals surface area (Å²) in [6, 6.07) is 7.42. The second-order valence-corrected chi connectivity index (χ2v) is 4.96. The number of anilines is 1. The highest BCUT2D eigenvalue weighted by atomic mass is 16.1. The summed E-state index contributed by atoms with van der Waals surface area (Å²) in [4.78, 5) is 12.1. The first-order chi connectivity index (χ1) is 9.56. The van der Waals surface area contributed by atoms with Gasteiger partial charge in [0.2, 0.25) is 5.91 Å². The third kappa shape index (κ3) is 3.60. The number of carbonyl (C=O) groups is 1. The molecule has 1 unspecified atom stereocenters. The SMILES string of the molecule is Cc1cnn(CCNC(=O)C(C)c2cccc(N)c2)c1. The van der Waals surface area contributed by atoms with Gasteiger partial charge in [0.25, 0.3) is 0 Å². The van der Waals surface area contributed by atoms with Gasteiger partial charge in [-0.25, -0.2) is 0 Å². The molecule has 106 valence electrons. The minimum absolute atomic E-state index is 0.000483. The summed E-state index contributed by atoms with van der Waals surface area (Å²) >= 11 is 0. The molecule has 20 heavy (non-hydrogen) atoms. The maximum absolute atomic E-state index is 12.1. The van der Waals surface area contributed by atoms with Crippen LogP contribution in [0.15, 0.2) is 36.7 Å². The number of rotatable bonds is 5. The van der Waals surface area contributed by atoms with Crippen LogP contribution in [0.2, 0.25) is 0 Å². The van der Waals surface area contributed by atoms with E-state index in [1.807, 2.05) is 49.0 Å². The van der Waals surface area contributed by atoms with E-state index in [0.717, 1.165) is 11.1 Å². The Balaban J connectivity index is 1.85. The summed E-state index contributed by atoms with van der Waals surface area (Å²) < 4.78 is 1.82. The molecule has 0 saturated carbocycles. The summed E-state index contributed by atoms with van der Waals surface area (Å²) in [7, 11) is 0. The van der Waals surface area contributed by atoms with Crippen LogP contribution in [-0.4, -0.2) is 22.2 Å². The Morgan fingerprint density at radius 3 is 2.95 bits per heavy atom. The predicted octanol–water partition coefficient (Wildman–Crippen LogP) is 1.69. The van der Waals surface area contributed by atoms with Crippen LogP contribution in [0.4, 0.5) is 5.69 Å². The molecule has 3 N–H and O–H groups in total. The smallest absolute Gasteiger partial charge is 0.227 e. The number of benzene rings is 1. The van der Waals surface area contributed by atoms with Crippen molar-refractivity contribution < 1.29 is 4.79 Å². The molecule has 0 aliphatic rings. The van der Waals surface area contributed by atoms with E-state index < -0.39 is 0 Å². The molecule has 0 aliphatic carbocycles. The lowest BCUT2D eigenvalue weighted by Crippen LogP contribution is -2.31. The number of carbonyl (C=O) groups excluding carboxylic acids is 1. The lowest BCUT2D eigenvalue weighted by Gasteiger charge is -2.13. The molecule has 0 aliphatic heterocycles. The van der Waals surface area contributed by atoms with Crippen molar-refractivity contribution in [3.05, 3.63) is 47.8 Å². The van der Waals surface area contributed by atoms with Crippen LogP contribution in [0.5, 0.6) is 0 Å². The molecule has 1 aromatic carbocycles. The molecular weight excluding hydrogens is 252 g/mol. The van der Waals surface area contributed by atoms with E-state index in [1.165, 1.54) is 0 Å². The molecule has 2 aromatic rings. The fraction of sp³-hybridized carbons (Fsp3) is 0.333. The van der Waals surface area contributed by atoms with Crippen molar-refractivity contribution in [2.45, 2.75) is 26.3 Å². The van der Waals surface area contributed by atoms with E-state index in [9.17, 15) is 4.79 Å². The highest BCUT2D eigenvalue weighted by molar-refractivity contribution is 5.83. The van der Waals surface area contributed by atoms with Crippen LogP contribution >= 0.6 is 0 Å². The van der Waals surface area contributed by atoms with Gasteiger partial charge in [0.1, 0.15) is 0 Å². The normalized spacial score (nSPS) is 12.1. The van der Waals surface area contributed by atoms with Gasteiger partial charge in [-0.3, -0.25) is 9.48 Å². The van der Waals surface area contributed by atoms with E-state index in [2.05, 4.69) is 10.4 Å². The first kappa shape index (κ1) is 14.1. The largest absolute Gasteiger partial charge is 0.399 e. The van der Waals surface area contributed by atoms with Gasteiger partial charge in [-0.1, -0.05) is 12.1 Å². The van der Waals surface area contributed by atoms with Crippen LogP contribution in [-0.2, 0) is 11.3 Å². The van der Waals surface area contributed by atoms with Crippen molar-refractivity contribution in [3.8, 4) is 0 Å². The molecule has 1 atom stereocenters. The summed E-state index contributed by atoms with van der Waals surface area (Å²) in [6.07, 6.45) is 3.75. The van der Waals surface area contributed by atoms with Crippen LogP contribution in [0.3, 0.4) is 0 Å². The van der Waals surface area contributed by atoms with Gasteiger partial charge in [-0.2, -0.15) is 5.10 Å².